The van der Waals surface area contributed by atoms with Crippen molar-refractivity contribution in [1.82, 2.24) is 4.57 Å². The molecule has 1 aromatic carbocycles. The van der Waals surface area contributed by atoms with E-state index in [1.165, 1.54) is 35.7 Å². The summed E-state index contributed by atoms with van der Waals surface area (Å²) in [6.45, 7) is 2.19. The van der Waals surface area contributed by atoms with E-state index < -0.39 is 0 Å². The first kappa shape index (κ1) is 9.49. The van der Waals surface area contributed by atoms with Crippen LogP contribution >= 0.6 is 0 Å². The van der Waals surface area contributed by atoms with E-state index in [-0.39, 0.29) is 0 Å². The second-order valence-electron chi connectivity index (χ2n) is 5.29. The fourth-order valence-electron chi connectivity index (χ4n) is 3.43. The maximum Gasteiger partial charge on any atom is 0.132 e. The van der Waals surface area contributed by atoms with E-state index >= 15 is 0 Å². The number of hydrogen-bond acceptors (Lipinski definition) is 0. The first-order valence-electron chi connectivity index (χ1n) is 6.49. The van der Waals surface area contributed by atoms with Crippen LogP contribution in [0.5, 0.6) is 0 Å². The summed E-state index contributed by atoms with van der Waals surface area (Å²) in [5.41, 5.74) is 5.91. The van der Waals surface area contributed by atoms with Gasteiger partial charge in [-0.15, -0.1) is 0 Å². The summed E-state index contributed by atoms with van der Waals surface area (Å²) in [4.78, 5) is 0. The van der Waals surface area contributed by atoms with Crippen LogP contribution < -0.4 is 5.32 Å². The third-order valence-corrected chi connectivity index (χ3v) is 4.18. The molecule has 2 aliphatic rings. The normalized spacial score (nSPS) is 21.8. The highest BCUT2D eigenvalue weighted by Gasteiger charge is 2.30. The van der Waals surface area contributed by atoms with Crippen molar-refractivity contribution in [3.05, 3.63) is 41.2 Å². The van der Waals surface area contributed by atoms with Gasteiger partial charge in [0.25, 0.3) is 0 Å². The summed E-state index contributed by atoms with van der Waals surface area (Å²) in [6, 6.07) is 7.50. The van der Waals surface area contributed by atoms with Gasteiger partial charge in [-0.25, -0.2) is 0 Å². The molecule has 17 heavy (non-hydrogen) atoms. The van der Waals surface area contributed by atoms with Gasteiger partial charge in [-0.05, 0) is 37.5 Å². The topological polar surface area (TPSA) is 21.5 Å². The molecular weight excluding hydrogens is 208 g/mol. The summed E-state index contributed by atoms with van der Waals surface area (Å²) in [5.74, 6) is 0. The zero-order valence-corrected chi connectivity index (χ0v) is 10.1. The van der Waals surface area contributed by atoms with Crippen LogP contribution in [0.25, 0.3) is 17.1 Å². The zero-order chi connectivity index (χ0) is 11.4. The summed E-state index contributed by atoms with van der Waals surface area (Å²) in [5, 5.41) is 3.84. The highest BCUT2D eigenvalue weighted by atomic mass is 15.1. The van der Waals surface area contributed by atoms with E-state index in [2.05, 4.69) is 47.4 Å². The van der Waals surface area contributed by atoms with Gasteiger partial charge in [0.1, 0.15) is 12.2 Å². The van der Waals surface area contributed by atoms with E-state index in [0.717, 1.165) is 0 Å². The molecule has 1 atom stereocenters. The molecule has 2 nitrogen and oxygen atoms in total. The van der Waals surface area contributed by atoms with Crippen molar-refractivity contribution in [2.24, 2.45) is 0 Å². The van der Waals surface area contributed by atoms with Crippen molar-refractivity contribution in [1.29, 1.82) is 0 Å². The molecule has 2 heteroatoms. The van der Waals surface area contributed by atoms with Gasteiger partial charge < -0.3 is 9.88 Å². The Hall–Kier alpha value is -1.54. The van der Waals surface area contributed by atoms with E-state index in [4.69, 9.17) is 0 Å². The summed E-state index contributed by atoms with van der Waals surface area (Å²) >= 11 is 0. The predicted molar refractivity (Wildman–Crippen MR) is 69.6 cm³/mol. The summed E-state index contributed by atoms with van der Waals surface area (Å²) in [6.07, 6.45) is 8.33. The molecule has 0 bridgehead atoms. The first-order chi connectivity index (χ1) is 8.34. The van der Waals surface area contributed by atoms with Gasteiger partial charge in [0.15, 0.2) is 0 Å². The number of quaternary nitrogens is 1. The minimum atomic E-state index is 0.649. The van der Waals surface area contributed by atoms with Crippen LogP contribution in [0.15, 0.2) is 24.4 Å². The van der Waals surface area contributed by atoms with Crippen molar-refractivity contribution in [3.63, 3.8) is 0 Å². The summed E-state index contributed by atoms with van der Waals surface area (Å²) in [7, 11) is 0. The number of rotatable bonds is 0. The monoisotopic (exact) mass is 225 g/mol. The molecule has 1 aromatic heterocycles. The van der Waals surface area contributed by atoms with E-state index in [0.29, 0.717) is 6.04 Å². The maximum absolute atomic E-state index is 2.41. The second kappa shape index (κ2) is 3.23. The van der Waals surface area contributed by atoms with Gasteiger partial charge in [0.2, 0.25) is 0 Å². The van der Waals surface area contributed by atoms with Crippen molar-refractivity contribution < 1.29 is 5.32 Å². The van der Waals surface area contributed by atoms with Crippen LogP contribution in [0.3, 0.4) is 0 Å². The molecule has 1 aliphatic heterocycles. The SMILES string of the molecule is Cc1ccc2c(c1)c1c3n2C=C[NH2+]C3CCC1. The smallest absolute Gasteiger partial charge is 0.132 e. The van der Waals surface area contributed by atoms with Crippen LogP contribution in [0.4, 0.5) is 0 Å². The Morgan fingerprint density at radius 2 is 2.29 bits per heavy atom. The van der Waals surface area contributed by atoms with Crippen molar-refractivity contribution in [2.75, 3.05) is 0 Å². The third-order valence-electron chi connectivity index (χ3n) is 4.18. The number of aryl methyl sites for hydroxylation is 2. The lowest BCUT2D eigenvalue weighted by atomic mass is 9.91. The quantitative estimate of drug-likeness (QED) is 0.711. The van der Waals surface area contributed by atoms with Gasteiger partial charge in [0.05, 0.1) is 17.4 Å². The molecule has 1 aliphatic carbocycles. The molecule has 4 rings (SSSR count). The minimum absolute atomic E-state index is 0.649. The fourth-order valence-corrected chi connectivity index (χ4v) is 3.43. The lowest BCUT2D eigenvalue weighted by molar-refractivity contribution is -0.636. The lowest BCUT2D eigenvalue weighted by Gasteiger charge is -2.24. The molecule has 0 spiro atoms. The Labute approximate surface area is 101 Å². The Bertz CT molecular complexity index is 634. The minimum Gasteiger partial charge on any atom is -0.311 e. The number of nitrogens with zero attached hydrogens (tertiary/aromatic N) is 1. The Balaban J connectivity index is 2.15. The van der Waals surface area contributed by atoms with Gasteiger partial charge in [-0.1, -0.05) is 11.6 Å². The van der Waals surface area contributed by atoms with E-state index in [1.807, 2.05) is 0 Å². The predicted octanol–water partition coefficient (Wildman–Crippen LogP) is 2.33. The average Bonchev–Trinajstić information content (AvgIpc) is 2.67. The van der Waals surface area contributed by atoms with Crippen molar-refractivity contribution in [2.45, 2.75) is 32.2 Å². The number of benzene rings is 1. The number of hydrogen-bond donors (Lipinski definition) is 1. The molecule has 0 radical (unpaired) electrons. The average molecular weight is 225 g/mol. The highest BCUT2D eigenvalue weighted by Crippen LogP contribution is 2.37. The molecular formula is C15H17N2+. The second-order valence-corrected chi connectivity index (χ2v) is 5.29. The first-order valence-corrected chi connectivity index (χ1v) is 6.49. The van der Waals surface area contributed by atoms with Crippen LogP contribution in [0.1, 0.15) is 35.7 Å². The maximum atomic E-state index is 2.41. The molecule has 0 amide bonds. The van der Waals surface area contributed by atoms with Crippen molar-refractivity contribution in [3.8, 4) is 0 Å². The zero-order valence-electron chi connectivity index (χ0n) is 10.1. The molecule has 2 heterocycles. The van der Waals surface area contributed by atoms with Crippen LogP contribution in [0.2, 0.25) is 0 Å². The number of fused-ring (bicyclic) bond motifs is 3. The number of nitrogens with two attached hydrogens (primary N) is 1. The van der Waals surface area contributed by atoms with Gasteiger partial charge in [-0.3, -0.25) is 0 Å². The van der Waals surface area contributed by atoms with Gasteiger partial charge in [-0.2, -0.15) is 0 Å². The van der Waals surface area contributed by atoms with E-state index in [9.17, 15) is 0 Å². The van der Waals surface area contributed by atoms with Gasteiger partial charge in [0, 0.05) is 11.8 Å². The Morgan fingerprint density at radius 1 is 1.35 bits per heavy atom. The fraction of sp³-hybridized carbons (Fsp3) is 0.333. The Morgan fingerprint density at radius 3 is 3.24 bits per heavy atom. The lowest BCUT2D eigenvalue weighted by Crippen LogP contribution is -2.80. The molecule has 0 saturated heterocycles. The highest BCUT2D eigenvalue weighted by molar-refractivity contribution is 5.88. The molecule has 1 unspecified atom stereocenters. The third kappa shape index (κ3) is 1.19. The number of aromatic nitrogens is 1. The van der Waals surface area contributed by atoms with Crippen LogP contribution in [-0.2, 0) is 6.42 Å². The van der Waals surface area contributed by atoms with E-state index in [1.54, 1.807) is 11.3 Å². The van der Waals surface area contributed by atoms with Crippen molar-refractivity contribution >= 4 is 17.1 Å². The largest absolute Gasteiger partial charge is 0.311 e. The summed E-state index contributed by atoms with van der Waals surface area (Å²) < 4.78 is 2.41. The standard InChI is InChI=1S/C15H16N2/c1-10-5-6-14-12(9-10)11-3-2-4-13-15(11)17(14)8-7-16-13/h5-9,13,16H,2-4H2,1H3/p+1. The molecule has 0 saturated carbocycles. The molecule has 2 aromatic rings. The van der Waals surface area contributed by atoms with Crippen LogP contribution in [0, 0.1) is 6.92 Å². The molecule has 2 N–H and O–H groups in total. The molecule has 86 valence electrons. The Kier molecular flexibility index (Phi) is 1.80. The van der Waals surface area contributed by atoms with Gasteiger partial charge >= 0.3 is 0 Å². The molecule has 0 fully saturated rings. The van der Waals surface area contributed by atoms with Crippen LogP contribution in [-0.4, -0.2) is 4.57 Å².